The number of aromatic nitrogens is 2. The van der Waals surface area contributed by atoms with E-state index in [1.54, 1.807) is 19.9 Å². The minimum Gasteiger partial charge on any atom is -0.391 e. The molecule has 1 N–H and O–H groups in total. The molecule has 0 radical (unpaired) electrons. The van der Waals surface area contributed by atoms with Gasteiger partial charge in [0.1, 0.15) is 5.65 Å². The van der Waals surface area contributed by atoms with E-state index in [4.69, 9.17) is 23.2 Å². The summed E-state index contributed by atoms with van der Waals surface area (Å²) in [5.41, 5.74) is 1.82. The average Bonchev–Trinajstić information content (AvgIpc) is 3.28. The van der Waals surface area contributed by atoms with Crippen molar-refractivity contribution in [2.24, 2.45) is 0 Å². The van der Waals surface area contributed by atoms with Gasteiger partial charge in [0, 0.05) is 36.4 Å². The van der Waals surface area contributed by atoms with Crippen molar-refractivity contribution in [1.82, 2.24) is 14.3 Å². The fourth-order valence-corrected chi connectivity index (χ4v) is 4.57. The number of aryl methyl sites for hydroxylation is 2. The van der Waals surface area contributed by atoms with Gasteiger partial charge in [0.05, 0.1) is 27.9 Å². The van der Waals surface area contributed by atoms with Gasteiger partial charge in [0.25, 0.3) is 5.91 Å². The lowest BCUT2D eigenvalue weighted by Crippen LogP contribution is -2.29. The fourth-order valence-electron chi connectivity index (χ4n) is 3.98. The molecule has 1 aliphatic rings. The molecule has 2 aromatic heterocycles. The van der Waals surface area contributed by atoms with Crippen LogP contribution in [-0.2, 0) is 12.6 Å². The minimum absolute atomic E-state index is 0.149. The number of benzene rings is 1. The summed E-state index contributed by atoms with van der Waals surface area (Å²) in [6.07, 6.45) is -3.36. The number of amides is 1. The Kier molecular flexibility index (Phi) is 5.90. The van der Waals surface area contributed by atoms with E-state index in [-0.39, 0.29) is 29.5 Å². The van der Waals surface area contributed by atoms with Crippen molar-refractivity contribution < 1.29 is 23.1 Å². The summed E-state index contributed by atoms with van der Waals surface area (Å²) in [7, 11) is 0. The number of hydrogen-bond acceptors (Lipinski definition) is 3. The van der Waals surface area contributed by atoms with Crippen LogP contribution in [-0.4, -0.2) is 44.5 Å². The van der Waals surface area contributed by atoms with Crippen molar-refractivity contribution in [2.45, 2.75) is 39.0 Å². The van der Waals surface area contributed by atoms with Gasteiger partial charge in [0.2, 0.25) is 0 Å². The van der Waals surface area contributed by atoms with Crippen molar-refractivity contribution in [1.29, 1.82) is 0 Å². The largest absolute Gasteiger partial charge is 0.417 e. The standard InChI is InChI=1S/C22H20Cl2F3N3O2/c1-11-7-13(22(25,26)27)9-30-12(2)18(28-20(11)30)8-16-17(23)4-3-15(19(16)24)21(32)29-6-5-14(31)10-29/h3-4,7,9,14,31H,5-6,8,10H2,1-2H3. The smallest absolute Gasteiger partial charge is 0.391 e. The molecule has 3 aromatic rings. The highest BCUT2D eigenvalue weighted by Gasteiger charge is 2.32. The highest BCUT2D eigenvalue weighted by atomic mass is 35.5. The number of likely N-dealkylation sites (tertiary alicyclic amines) is 1. The number of carbonyl (C=O) groups excluding carboxylic acids is 1. The van der Waals surface area contributed by atoms with Crippen LogP contribution in [0.1, 0.15) is 44.9 Å². The van der Waals surface area contributed by atoms with Crippen molar-refractivity contribution >= 4 is 34.8 Å². The SMILES string of the molecule is Cc1cc(C(F)(F)F)cn2c(C)c(Cc3c(Cl)ccc(C(=O)N4CCC(O)C4)c3Cl)nc12. The van der Waals surface area contributed by atoms with Crippen molar-refractivity contribution in [3.05, 3.63) is 68.1 Å². The second-order valence-corrected chi connectivity index (χ2v) is 8.79. The molecule has 32 heavy (non-hydrogen) atoms. The van der Waals surface area contributed by atoms with E-state index in [1.165, 1.54) is 15.4 Å². The summed E-state index contributed by atoms with van der Waals surface area (Å²) >= 11 is 12.9. The van der Waals surface area contributed by atoms with Gasteiger partial charge < -0.3 is 14.4 Å². The highest BCUT2D eigenvalue weighted by Crippen LogP contribution is 2.34. The maximum Gasteiger partial charge on any atom is 0.417 e. The van der Waals surface area contributed by atoms with Crippen molar-refractivity contribution in [3.63, 3.8) is 0 Å². The summed E-state index contributed by atoms with van der Waals surface area (Å²) in [6.45, 7) is 3.92. The van der Waals surface area contributed by atoms with E-state index in [9.17, 15) is 23.1 Å². The van der Waals surface area contributed by atoms with Gasteiger partial charge in [-0.1, -0.05) is 23.2 Å². The number of aliphatic hydroxyl groups excluding tert-OH is 1. The number of halogens is 5. The Labute approximate surface area is 192 Å². The number of aliphatic hydroxyl groups is 1. The zero-order valence-electron chi connectivity index (χ0n) is 17.3. The van der Waals surface area contributed by atoms with Crippen molar-refractivity contribution in [3.8, 4) is 0 Å². The molecule has 4 rings (SSSR count). The Morgan fingerprint density at radius 2 is 2.00 bits per heavy atom. The maximum atomic E-state index is 13.2. The van der Waals surface area contributed by atoms with E-state index >= 15 is 0 Å². The molecule has 1 saturated heterocycles. The lowest BCUT2D eigenvalue weighted by molar-refractivity contribution is -0.137. The van der Waals surface area contributed by atoms with Gasteiger partial charge in [-0.05, 0) is 49.6 Å². The molecular weight excluding hydrogens is 466 g/mol. The summed E-state index contributed by atoms with van der Waals surface area (Å²) < 4.78 is 41.1. The normalized spacial score (nSPS) is 16.9. The first-order valence-corrected chi connectivity index (χ1v) is 10.7. The van der Waals surface area contributed by atoms with Crippen LogP contribution in [0.15, 0.2) is 24.4 Å². The molecular formula is C22H20Cl2F3N3O2. The summed E-state index contributed by atoms with van der Waals surface area (Å²) in [5, 5.41) is 10.2. The molecule has 0 spiro atoms. The van der Waals surface area contributed by atoms with Gasteiger partial charge in [-0.15, -0.1) is 0 Å². The van der Waals surface area contributed by atoms with Crippen LogP contribution < -0.4 is 0 Å². The Balaban J connectivity index is 1.73. The number of nitrogens with zero attached hydrogens (tertiary/aromatic N) is 3. The minimum atomic E-state index is -4.47. The van der Waals surface area contributed by atoms with E-state index < -0.39 is 17.8 Å². The van der Waals surface area contributed by atoms with E-state index in [2.05, 4.69) is 4.98 Å². The number of imidazole rings is 1. The van der Waals surface area contributed by atoms with Crippen LogP contribution in [0, 0.1) is 13.8 Å². The number of rotatable bonds is 3. The molecule has 170 valence electrons. The van der Waals surface area contributed by atoms with Crippen LogP contribution >= 0.6 is 23.2 Å². The summed E-state index contributed by atoms with van der Waals surface area (Å²) in [5.74, 6) is -0.304. The number of fused-ring (bicyclic) bond motifs is 1. The van der Waals surface area contributed by atoms with Gasteiger partial charge in [-0.25, -0.2) is 4.98 Å². The van der Waals surface area contributed by atoms with Crippen LogP contribution in [0.2, 0.25) is 10.0 Å². The predicted molar refractivity (Wildman–Crippen MR) is 115 cm³/mol. The lowest BCUT2D eigenvalue weighted by Gasteiger charge is -2.18. The Morgan fingerprint density at radius 1 is 1.28 bits per heavy atom. The Bertz CT molecular complexity index is 1220. The van der Waals surface area contributed by atoms with Crippen LogP contribution in [0.4, 0.5) is 13.2 Å². The molecule has 1 fully saturated rings. The second-order valence-electron chi connectivity index (χ2n) is 8.00. The quantitative estimate of drug-likeness (QED) is 0.562. The maximum absolute atomic E-state index is 13.2. The topological polar surface area (TPSA) is 57.8 Å². The number of β-amino-alcohol motifs (C(OH)–C–C–N with tert-alkyl or cyclic N) is 1. The first-order chi connectivity index (χ1) is 15.0. The van der Waals surface area contributed by atoms with Gasteiger partial charge >= 0.3 is 6.18 Å². The number of hydrogen-bond donors (Lipinski definition) is 1. The third-order valence-corrected chi connectivity index (χ3v) is 6.57. The molecule has 3 heterocycles. The highest BCUT2D eigenvalue weighted by molar-refractivity contribution is 6.38. The predicted octanol–water partition coefficient (Wildman–Crippen LogP) is 5.07. The van der Waals surface area contributed by atoms with Crippen LogP contribution in [0.25, 0.3) is 5.65 Å². The fraction of sp³-hybridized carbons (Fsp3) is 0.364. The van der Waals surface area contributed by atoms with Crippen LogP contribution in [0.3, 0.4) is 0 Å². The average molecular weight is 486 g/mol. The Hall–Kier alpha value is -2.29. The zero-order chi connectivity index (χ0) is 23.4. The van der Waals surface area contributed by atoms with Gasteiger partial charge in [0.15, 0.2) is 0 Å². The van der Waals surface area contributed by atoms with Crippen LogP contribution in [0.5, 0.6) is 0 Å². The molecule has 0 saturated carbocycles. The number of pyridine rings is 1. The summed E-state index contributed by atoms with van der Waals surface area (Å²) in [4.78, 5) is 18.9. The first-order valence-electron chi connectivity index (χ1n) is 9.97. The summed E-state index contributed by atoms with van der Waals surface area (Å²) in [6, 6.07) is 4.17. The third-order valence-electron chi connectivity index (χ3n) is 5.78. The molecule has 1 aliphatic heterocycles. The molecule has 10 heteroatoms. The van der Waals surface area contributed by atoms with Crippen molar-refractivity contribution in [2.75, 3.05) is 13.1 Å². The Morgan fingerprint density at radius 3 is 2.62 bits per heavy atom. The van der Waals surface area contributed by atoms with Gasteiger partial charge in [-0.3, -0.25) is 4.79 Å². The van der Waals surface area contributed by atoms with E-state index in [0.717, 1.165) is 12.3 Å². The molecule has 5 nitrogen and oxygen atoms in total. The lowest BCUT2D eigenvalue weighted by atomic mass is 10.0. The third kappa shape index (κ3) is 4.07. The molecule has 0 bridgehead atoms. The zero-order valence-corrected chi connectivity index (χ0v) is 18.8. The monoisotopic (exact) mass is 485 g/mol. The number of carbonyl (C=O) groups is 1. The molecule has 0 aliphatic carbocycles. The first kappa shape index (κ1) is 22.9. The number of alkyl halides is 3. The van der Waals surface area contributed by atoms with E-state index in [1.807, 2.05) is 0 Å². The van der Waals surface area contributed by atoms with E-state index in [0.29, 0.717) is 46.2 Å². The second kappa shape index (κ2) is 8.24. The molecule has 1 aromatic carbocycles. The molecule has 1 amide bonds. The molecule has 1 unspecified atom stereocenters. The van der Waals surface area contributed by atoms with Gasteiger partial charge in [-0.2, -0.15) is 13.2 Å². The molecule has 1 atom stereocenters.